The molecule has 16 heavy (non-hydrogen) atoms. The SMILES string of the molecule is CC(=O)Nc1ccc(SNC2CC2)cc1C. The van der Waals surface area contributed by atoms with E-state index in [0.717, 1.165) is 11.3 Å². The third-order valence-corrected chi connectivity index (χ3v) is 3.37. The Morgan fingerprint density at radius 2 is 2.19 bits per heavy atom. The topological polar surface area (TPSA) is 41.1 Å². The minimum atomic E-state index is -0.0281. The highest BCUT2D eigenvalue weighted by Crippen LogP contribution is 2.27. The first-order chi connectivity index (χ1) is 7.65. The van der Waals surface area contributed by atoms with Crippen molar-refractivity contribution in [3.05, 3.63) is 23.8 Å². The normalized spacial score (nSPS) is 14.9. The van der Waals surface area contributed by atoms with E-state index in [4.69, 9.17) is 0 Å². The van der Waals surface area contributed by atoms with Crippen LogP contribution in [-0.2, 0) is 4.79 Å². The molecular formula is C12H16N2OS. The number of hydrogen-bond donors (Lipinski definition) is 2. The van der Waals surface area contributed by atoms with Crippen molar-refractivity contribution in [1.29, 1.82) is 0 Å². The fraction of sp³-hybridized carbons (Fsp3) is 0.417. The Balaban J connectivity index is 1.99. The molecule has 1 aromatic carbocycles. The van der Waals surface area contributed by atoms with E-state index in [1.807, 2.05) is 19.1 Å². The summed E-state index contributed by atoms with van der Waals surface area (Å²) in [6.45, 7) is 3.53. The highest BCUT2D eigenvalue weighted by atomic mass is 32.2. The molecule has 0 aromatic heterocycles. The third-order valence-electron chi connectivity index (χ3n) is 2.43. The second kappa shape index (κ2) is 4.89. The molecule has 2 rings (SSSR count). The molecule has 0 bridgehead atoms. The van der Waals surface area contributed by atoms with Crippen LogP contribution in [-0.4, -0.2) is 11.9 Å². The van der Waals surface area contributed by atoms with Crippen molar-refractivity contribution >= 4 is 23.5 Å². The molecule has 0 heterocycles. The van der Waals surface area contributed by atoms with Crippen LogP contribution in [0.25, 0.3) is 0 Å². The summed E-state index contributed by atoms with van der Waals surface area (Å²) in [4.78, 5) is 12.1. The second-order valence-corrected chi connectivity index (χ2v) is 5.06. The van der Waals surface area contributed by atoms with Crippen molar-refractivity contribution in [2.75, 3.05) is 5.32 Å². The second-order valence-electron chi connectivity index (χ2n) is 4.15. The van der Waals surface area contributed by atoms with Crippen LogP contribution in [0.1, 0.15) is 25.3 Å². The van der Waals surface area contributed by atoms with Crippen LogP contribution in [0.4, 0.5) is 5.69 Å². The molecule has 0 atom stereocenters. The first kappa shape index (κ1) is 11.5. The van der Waals surface area contributed by atoms with Gasteiger partial charge in [0, 0.05) is 23.5 Å². The fourth-order valence-electron chi connectivity index (χ4n) is 1.38. The molecule has 0 radical (unpaired) electrons. The smallest absolute Gasteiger partial charge is 0.221 e. The first-order valence-electron chi connectivity index (χ1n) is 5.46. The van der Waals surface area contributed by atoms with Gasteiger partial charge < -0.3 is 5.32 Å². The zero-order valence-corrected chi connectivity index (χ0v) is 10.4. The number of nitrogens with one attached hydrogen (secondary N) is 2. The Kier molecular flexibility index (Phi) is 3.51. The standard InChI is InChI=1S/C12H16N2OS/c1-8-7-11(16-14-10-3-4-10)5-6-12(8)13-9(2)15/h5-7,10,14H,3-4H2,1-2H3,(H,13,15). The van der Waals surface area contributed by atoms with Crippen molar-refractivity contribution in [3.63, 3.8) is 0 Å². The van der Waals surface area contributed by atoms with Gasteiger partial charge in [-0.2, -0.15) is 0 Å². The number of aryl methyl sites for hydroxylation is 1. The summed E-state index contributed by atoms with van der Waals surface area (Å²) in [6.07, 6.45) is 2.58. The number of anilines is 1. The van der Waals surface area contributed by atoms with Gasteiger partial charge in [0.1, 0.15) is 0 Å². The predicted octanol–water partition coefficient (Wildman–Crippen LogP) is 2.71. The highest BCUT2D eigenvalue weighted by molar-refractivity contribution is 7.97. The van der Waals surface area contributed by atoms with Crippen molar-refractivity contribution in [3.8, 4) is 0 Å². The van der Waals surface area contributed by atoms with Crippen LogP contribution in [0.15, 0.2) is 23.1 Å². The molecule has 4 heteroatoms. The van der Waals surface area contributed by atoms with Gasteiger partial charge in [0.2, 0.25) is 5.91 Å². The van der Waals surface area contributed by atoms with Crippen molar-refractivity contribution in [1.82, 2.24) is 4.72 Å². The molecule has 86 valence electrons. The number of hydrogen-bond acceptors (Lipinski definition) is 3. The lowest BCUT2D eigenvalue weighted by Gasteiger charge is -2.08. The first-order valence-corrected chi connectivity index (χ1v) is 6.27. The largest absolute Gasteiger partial charge is 0.326 e. The average Bonchev–Trinajstić information content (AvgIpc) is 3.02. The van der Waals surface area contributed by atoms with E-state index in [1.165, 1.54) is 24.7 Å². The molecular weight excluding hydrogens is 220 g/mol. The van der Waals surface area contributed by atoms with E-state index in [1.54, 1.807) is 11.9 Å². The van der Waals surface area contributed by atoms with Gasteiger partial charge in [0.25, 0.3) is 0 Å². The van der Waals surface area contributed by atoms with Gasteiger partial charge in [-0.3, -0.25) is 9.52 Å². The van der Waals surface area contributed by atoms with Crippen LogP contribution in [0.3, 0.4) is 0 Å². The molecule has 0 spiro atoms. The molecule has 0 unspecified atom stereocenters. The summed E-state index contributed by atoms with van der Waals surface area (Å²) in [5, 5.41) is 2.81. The molecule has 0 aliphatic heterocycles. The van der Waals surface area contributed by atoms with Gasteiger partial charge in [-0.05, 0) is 55.5 Å². The van der Waals surface area contributed by atoms with Gasteiger partial charge in [-0.25, -0.2) is 0 Å². The average molecular weight is 236 g/mol. The Morgan fingerprint density at radius 1 is 1.44 bits per heavy atom. The van der Waals surface area contributed by atoms with Crippen LogP contribution in [0.2, 0.25) is 0 Å². The molecule has 1 saturated carbocycles. The summed E-state index contributed by atoms with van der Waals surface area (Å²) in [5.41, 5.74) is 1.99. The molecule has 1 aromatic rings. The van der Waals surface area contributed by atoms with E-state index in [0.29, 0.717) is 6.04 Å². The lowest BCUT2D eigenvalue weighted by atomic mass is 10.2. The summed E-state index contributed by atoms with van der Waals surface area (Å²) < 4.78 is 3.39. The fourth-order valence-corrected chi connectivity index (χ4v) is 2.29. The van der Waals surface area contributed by atoms with E-state index < -0.39 is 0 Å². The number of rotatable bonds is 4. The number of carbonyl (C=O) groups excluding carboxylic acids is 1. The van der Waals surface area contributed by atoms with E-state index in [9.17, 15) is 4.79 Å². The summed E-state index contributed by atoms with van der Waals surface area (Å²) in [7, 11) is 0. The summed E-state index contributed by atoms with van der Waals surface area (Å²) >= 11 is 1.67. The van der Waals surface area contributed by atoms with Gasteiger partial charge in [0.15, 0.2) is 0 Å². The van der Waals surface area contributed by atoms with E-state index in [-0.39, 0.29) is 5.91 Å². The summed E-state index contributed by atoms with van der Waals surface area (Å²) in [5.74, 6) is -0.0281. The maximum atomic E-state index is 10.9. The zero-order valence-electron chi connectivity index (χ0n) is 9.54. The van der Waals surface area contributed by atoms with E-state index >= 15 is 0 Å². The lowest BCUT2D eigenvalue weighted by Crippen LogP contribution is -2.08. The number of carbonyl (C=O) groups is 1. The number of benzene rings is 1. The van der Waals surface area contributed by atoms with Crippen LogP contribution in [0.5, 0.6) is 0 Å². The quantitative estimate of drug-likeness (QED) is 0.790. The Hall–Kier alpha value is -1.00. The van der Waals surface area contributed by atoms with Gasteiger partial charge in [-0.1, -0.05) is 0 Å². The molecule has 2 N–H and O–H groups in total. The maximum Gasteiger partial charge on any atom is 0.221 e. The van der Waals surface area contributed by atoms with E-state index in [2.05, 4.69) is 16.1 Å². The van der Waals surface area contributed by atoms with Crippen molar-refractivity contribution in [2.45, 2.75) is 37.6 Å². The van der Waals surface area contributed by atoms with Crippen molar-refractivity contribution < 1.29 is 4.79 Å². The van der Waals surface area contributed by atoms with Crippen molar-refractivity contribution in [2.24, 2.45) is 0 Å². The Bertz CT molecular complexity index is 402. The van der Waals surface area contributed by atoms with Crippen LogP contribution >= 0.6 is 11.9 Å². The predicted molar refractivity (Wildman–Crippen MR) is 67.5 cm³/mol. The Morgan fingerprint density at radius 3 is 2.75 bits per heavy atom. The van der Waals surface area contributed by atoms with Crippen LogP contribution < -0.4 is 10.0 Å². The number of amides is 1. The zero-order chi connectivity index (χ0) is 11.5. The van der Waals surface area contributed by atoms with Gasteiger partial charge >= 0.3 is 0 Å². The maximum absolute atomic E-state index is 10.9. The minimum absolute atomic E-state index is 0.0281. The van der Waals surface area contributed by atoms with Gasteiger partial charge in [0.05, 0.1) is 0 Å². The third kappa shape index (κ3) is 3.25. The van der Waals surface area contributed by atoms with Crippen LogP contribution in [0, 0.1) is 6.92 Å². The monoisotopic (exact) mass is 236 g/mol. The molecule has 1 fully saturated rings. The Labute approximate surface area is 100 Å². The highest BCUT2D eigenvalue weighted by Gasteiger charge is 2.20. The molecule has 3 nitrogen and oxygen atoms in total. The van der Waals surface area contributed by atoms with Gasteiger partial charge in [-0.15, -0.1) is 0 Å². The molecule has 0 saturated heterocycles. The molecule has 1 aliphatic carbocycles. The molecule has 1 aliphatic rings. The minimum Gasteiger partial charge on any atom is -0.326 e. The lowest BCUT2D eigenvalue weighted by molar-refractivity contribution is -0.114. The summed E-state index contributed by atoms with van der Waals surface area (Å²) in [6, 6.07) is 6.76. The molecule has 1 amide bonds.